The third-order valence-corrected chi connectivity index (χ3v) is 9.78. The van der Waals surface area contributed by atoms with E-state index in [1.165, 1.54) is 62.2 Å². The molecule has 1 aromatic heterocycles. The molecule has 1 heterocycles. The van der Waals surface area contributed by atoms with Crippen molar-refractivity contribution in [3.8, 4) is 78.7 Å². The van der Waals surface area contributed by atoms with Gasteiger partial charge in [0.25, 0.3) is 0 Å². The first kappa shape index (κ1) is 30.5. The molecule has 0 atom stereocenters. The van der Waals surface area contributed by atoms with Crippen molar-refractivity contribution in [2.24, 2.45) is 0 Å². The van der Waals surface area contributed by atoms with Crippen molar-refractivity contribution >= 4 is 0 Å². The van der Waals surface area contributed by atoms with Crippen LogP contribution in [0.5, 0.6) is 0 Å². The van der Waals surface area contributed by atoms with Crippen molar-refractivity contribution < 1.29 is 4.39 Å². The molecule has 0 amide bonds. The number of rotatable bonds is 6. The maximum absolute atomic E-state index is 13.8. The van der Waals surface area contributed by atoms with E-state index < -0.39 is 0 Å². The van der Waals surface area contributed by atoms with Crippen LogP contribution in [0.1, 0.15) is 16.7 Å². The molecule has 9 rings (SSSR count). The molecule has 0 fully saturated rings. The van der Waals surface area contributed by atoms with E-state index in [-0.39, 0.29) is 5.82 Å². The maximum Gasteiger partial charge on any atom is 0.164 e. The minimum absolute atomic E-state index is 0.301. The van der Waals surface area contributed by atoms with E-state index in [4.69, 9.17) is 15.0 Å². The first-order valence-electron chi connectivity index (χ1n) is 17.2. The summed E-state index contributed by atoms with van der Waals surface area (Å²) in [5.74, 6) is 1.34. The van der Waals surface area contributed by atoms with Crippen LogP contribution in [0.15, 0.2) is 164 Å². The highest BCUT2D eigenvalue weighted by Crippen LogP contribution is 2.45. The molecule has 0 spiro atoms. The molecule has 0 radical (unpaired) electrons. The van der Waals surface area contributed by atoms with Crippen molar-refractivity contribution in [3.63, 3.8) is 0 Å². The summed E-state index contributed by atoms with van der Waals surface area (Å²) >= 11 is 0. The molecule has 51 heavy (non-hydrogen) atoms. The number of hydrogen-bond acceptors (Lipinski definition) is 3. The Hall–Kier alpha value is -6.52. The molecule has 7 aromatic carbocycles. The van der Waals surface area contributed by atoms with Crippen LogP contribution >= 0.6 is 0 Å². The summed E-state index contributed by atoms with van der Waals surface area (Å²) in [6, 6.07) is 55.6. The first-order chi connectivity index (χ1) is 25.1. The van der Waals surface area contributed by atoms with Crippen molar-refractivity contribution in [1.29, 1.82) is 0 Å². The van der Waals surface area contributed by atoms with E-state index in [9.17, 15) is 4.39 Å². The van der Waals surface area contributed by atoms with Crippen LogP contribution in [-0.4, -0.2) is 15.0 Å². The van der Waals surface area contributed by atoms with Gasteiger partial charge in [-0.1, -0.05) is 139 Å². The zero-order chi connectivity index (χ0) is 34.3. The Labute approximate surface area is 296 Å². The molecule has 0 N–H and O–H groups in total. The number of benzene rings is 7. The molecular weight excluding hydrogens is 626 g/mol. The monoisotopic (exact) mass is 657 g/mol. The number of fused-ring (bicyclic) bond motifs is 3. The van der Waals surface area contributed by atoms with Crippen LogP contribution in [-0.2, 0) is 6.42 Å². The number of halogens is 1. The SMILES string of the molecule is Cc1ccc(-c2nc(-c3ccc(F)cc3)nc(-c3cccc(-c4cccc5c4Cc4c(-c6ccc(-c7ccccc7)cc6)cccc4-5)c3)n2)cc1. The van der Waals surface area contributed by atoms with Gasteiger partial charge in [0, 0.05) is 16.7 Å². The molecule has 0 bridgehead atoms. The van der Waals surface area contributed by atoms with E-state index >= 15 is 0 Å². The van der Waals surface area contributed by atoms with E-state index in [0.717, 1.165) is 34.2 Å². The Morgan fingerprint density at radius 3 is 1.43 bits per heavy atom. The number of hydrogen-bond donors (Lipinski definition) is 0. The predicted octanol–water partition coefficient (Wildman–Crippen LogP) is 11.9. The molecule has 1 aliphatic carbocycles. The Balaban J connectivity index is 1.09. The second-order valence-electron chi connectivity index (χ2n) is 13.0. The fraction of sp³-hybridized carbons (Fsp3) is 0.0426. The van der Waals surface area contributed by atoms with Gasteiger partial charge in [0.15, 0.2) is 17.5 Å². The van der Waals surface area contributed by atoms with Crippen molar-refractivity contribution in [1.82, 2.24) is 15.0 Å². The topological polar surface area (TPSA) is 38.7 Å². The highest BCUT2D eigenvalue weighted by Gasteiger charge is 2.24. The molecule has 0 saturated heterocycles. The van der Waals surface area contributed by atoms with Gasteiger partial charge in [0.2, 0.25) is 0 Å². The van der Waals surface area contributed by atoms with Gasteiger partial charge in [-0.3, -0.25) is 0 Å². The predicted molar refractivity (Wildman–Crippen MR) is 205 cm³/mol. The minimum atomic E-state index is -0.301. The van der Waals surface area contributed by atoms with E-state index in [2.05, 4.69) is 128 Å². The second kappa shape index (κ2) is 12.7. The number of nitrogens with zero attached hydrogens (tertiary/aromatic N) is 3. The van der Waals surface area contributed by atoms with Gasteiger partial charge in [-0.2, -0.15) is 0 Å². The van der Waals surface area contributed by atoms with Crippen molar-refractivity contribution in [2.45, 2.75) is 13.3 Å². The fourth-order valence-electron chi connectivity index (χ4n) is 7.14. The lowest BCUT2D eigenvalue weighted by molar-refractivity contribution is 0.628. The van der Waals surface area contributed by atoms with Crippen LogP contribution in [0.4, 0.5) is 4.39 Å². The number of aryl methyl sites for hydroxylation is 1. The van der Waals surface area contributed by atoms with E-state index in [1.54, 1.807) is 12.1 Å². The summed E-state index contributed by atoms with van der Waals surface area (Å²) < 4.78 is 13.8. The molecule has 8 aromatic rings. The highest BCUT2D eigenvalue weighted by molar-refractivity contribution is 5.90. The molecule has 242 valence electrons. The highest BCUT2D eigenvalue weighted by atomic mass is 19.1. The van der Waals surface area contributed by atoms with Gasteiger partial charge < -0.3 is 0 Å². The minimum Gasteiger partial charge on any atom is -0.208 e. The Morgan fingerprint density at radius 1 is 0.373 bits per heavy atom. The first-order valence-corrected chi connectivity index (χ1v) is 17.2. The molecule has 0 aliphatic heterocycles. The van der Waals surface area contributed by atoms with Gasteiger partial charge in [0.05, 0.1) is 0 Å². The largest absolute Gasteiger partial charge is 0.208 e. The zero-order valence-electron chi connectivity index (χ0n) is 28.0. The van der Waals surface area contributed by atoms with Crippen LogP contribution < -0.4 is 0 Å². The fourth-order valence-corrected chi connectivity index (χ4v) is 7.14. The zero-order valence-corrected chi connectivity index (χ0v) is 28.0. The van der Waals surface area contributed by atoms with E-state index in [0.29, 0.717) is 17.5 Å². The summed E-state index contributed by atoms with van der Waals surface area (Å²) in [6.07, 6.45) is 0.847. The summed E-state index contributed by atoms with van der Waals surface area (Å²) in [5.41, 5.74) is 16.1. The standard InChI is InChI=1S/C47H32FN3/c1-30-16-18-34(19-17-30)45-49-46(35-24-26-38(48)27-25-35)51-47(50-45)37-11-5-10-36(28-37)40-13-7-15-42-41-14-6-12-39(43(41)29-44(40)42)33-22-20-32(21-23-33)31-8-3-2-4-9-31/h2-28H,29H2,1H3. The van der Waals surface area contributed by atoms with Gasteiger partial charge in [0.1, 0.15) is 5.82 Å². The van der Waals surface area contributed by atoms with E-state index in [1.807, 2.05) is 18.2 Å². The lowest BCUT2D eigenvalue weighted by Crippen LogP contribution is -2.00. The summed E-state index contributed by atoms with van der Waals surface area (Å²) in [7, 11) is 0. The van der Waals surface area contributed by atoms with Gasteiger partial charge in [-0.25, -0.2) is 19.3 Å². The molecule has 3 nitrogen and oxygen atoms in total. The van der Waals surface area contributed by atoms with Crippen LogP contribution in [0, 0.1) is 12.7 Å². The smallest absolute Gasteiger partial charge is 0.164 e. The summed E-state index contributed by atoms with van der Waals surface area (Å²) in [6.45, 7) is 2.06. The Kier molecular flexibility index (Phi) is 7.63. The third-order valence-electron chi connectivity index (χ3n) is 9.78. The third kappa shape index (κ3) is 5.81. The second-order valence-corrected chi connectivity index (χ2v) is 13.0. The summed E-state index contributed by atoms with van der Waals surface area (Å²) in [5, 5.41) is 0. The van der Waals surface area contributed by atoms with Gasteiger partial charge in [-0.15, -0.1) is 0 Å². The van der Waals surface area contributed by atoms with Crippen LogP contribution in [0.2, 0.25) is 0 Å². The molecule has 0 saturated carbocycles. The lowest BCUT2D eigenvalue weighted by Gasteiger charge is -2.12. The molecule has 0 unspecified atom stereocenters. The molecule has 4 heteroatoms. The lowest BCUT2D eigenvalue weighted by atomic mass is 9.94. The van der Waals surface area contributed by atoms with Crippen molar-refractivity contribution in [2.75, 3.05) is 0 Å². The average molecular weight is 658 g/mol. The molecule has 1 aliphatic rings. The van der Waals surface area contributed by atoms with Gasteiger partial charge in [-0.05, 0) is 99.3 Å². The van der Waals surface area contributed by atoms with Gasteiger partial charge >= 0.3 is 0 Å². The normalized spacial score (nSPS) is 11.6. The Bertz CT molecular complexity index is 2480. The van der Waals surface area contributed by atoms with Crippen LogP contribution in [0.3, 0.4) is 0 Å². The quantitative estimate of drug-likeness (QED) is 0.179. The maximum atomic E-state index is 13.8. The molecular formula is C47H32FN3. The summed E-state index contributed by atoms with van der Waals surface area (Å²) in [4.78, 5) is 14.7. The average Bonchev–Trinajstić information content (AvgIpc) is 3.58. The van der Waals surface area contributed by atoms with Crippen molar-refractivity contribution in [3.05, 3.63) is 186 Å². The van der Waals surface area contributed by atoms with Crippen LogP contribution in [0.25, 0.3) is 78.7 Å². The Morgan fingerprint density at radius 2 is 0.804 bits per heavy atom. The number of aromatic nitrogens is 3.